The van der Waals surface area contributed by atoms with Gasteiger partial charge in [0.2, 0.25) is 10.0 Å². The highest BCUT2D eigenvalue weighted by Crippen LogP contribution is 2.28. The fraction of sp³-hybridized carbons (Fsp3) is 0.217. The van der Waals surface area contributed by atoms with Crippen LogP contribution in [0.2, 0.25) is 0 Å². The maximum atomic E-state index is 12.9. The first-order valence-electron chi connectivity index (χ1n) is 10.3. The molecule has 2 heterocycles. The molecule has 0 atom stereocenters. The molecule has 1 aromatic heterocycles. The van der Waals surface area contributed by atoms with Crippen LogP contribution in [-0.4, -0.2) is 44.7 Å². The second-order valence-electron chi connectivity index (χ2n) is 7.41. The molecule has 0 bridgehead atoms. The Balaban J connectivity index is 1.45. The molecule has 0 saturated carbocycles. The Labute approximate surface area is 196 Å². The fourth-order valence-electron chi connectivity index (χ4n) is 3.57. The van der Waals surface area contributed by atoms with Crippen LogP contribution in [0.3, 0.4) is 0 Å². The molecule has 2 amide bonds. The maximum Gasteiger partial charge on any atom is 0.267 e. The summed E-state index contributed by atoms with van der Waals surface area (Å²) in [5.41, 5.74) is 1.39. The van der Waals surface area contributed by atoms with E-state index in [9.17, 15) is 18.0 Å². The van der Waals surface area contributed by atoms with Crippen LogP contribution in [-0.2, 0) is 10.0 Å². The van der Waals surface area contributed by atoms with Gasteiger partial charge in [-0.1, -0.05) is 12.1 Å². The molecule has 172 valence electrons. The number of rotatable bonds is 7. The zero-order chi connectivity index (χ0) is 23.4. The SMILES string of the molecule is COc1ccccc1NC(=O)c1ccc(NC(=O)c2sccc2S(=O)(=O)N2CCCC2)cc1. The van der Waals surface area contributed by atoms with E-state index in [0.29, 0.717) is 35.8 Å². The standard InChI is InChI=1S/C23H23N3O5S2/c1-31-19-7-3-2-6-18(19)25-22(27)16-8-10-17(11-9-16)24-23(28)21-20(12-15-32-21)33(29,30)26-13-4-5-14-26/h2-3,6-12,15H,4-5,13-14H2,1H3,(H,24,28)(H,25,27). The van der Waals surface area contributed by atoms with Gasteiger partial charge in [-0.25, -0.2) is 8.42 Å². The fourth-order valence-corrected chi connectivity index (χ4v) is 6.38. The number of sulfonamides is 1. The van der Waals surface area contributed by atoms with Crippen LogP contribution in [0.25, 0.3) is 0 Å². The van der Waals surface area contributed by atoms with Gasteiger partial charge in [0, 0.05) is 24.3 Å². The Hall–Kier alpha value is -3.21. The Morgan fingerprint density at radius 2 is 1.64 bits per heavy atom. The van der Waals surface area contributed by atoms with Gasteiger partial charge in [0.1, 0.15) is 15.5 Å². The number of para-hydroxylation sites is 2. The van der Waals surface area contributed by atoms with Gasteiger partial charge in [-0.2, -0.15) is 4.31 Å². The van der Waals surface area contributed by atoms with Crippen molar-refractivity contribution < 1.29 is 22.7 Å². The van der Waals surface area contributed by atoms with Crippen molar-refractivity contribution in [2.45, 2.75) is 17.7 Å². The molecule has 0 aliphatic carbocycles. The quantitative estimate of drug-likeness (QED) is 0.525. The average Bonchev–Trinajstić information content (AvgIpc) is 3.53. The minimum Gasteiger partial charge on any atom is -0.495 e. The average molecular weight is 486 g/mol. The lowest BCUT2D eigenvalue weighted by molar-refractivity contribution is 0.102. The van der Waals surface area contributed by atoms with Crippen LogP contribution in [0.1, 0.15) is 32.9 Å². The van der Waals surface area contributed by atoms with Gasteiger partial charge in [0.05, 0.1) is 12.8 Å². The second-order valence-corrected chi connectivity index (χ2v) is 10.2. The number of thiophene rings is 1. The van der Waals surface area contributed by atoms with E-state index >= 15 is 0 Å². The molecule has 1 fully saturated rings. The molecule has 1 aliphatic rings. The summed E-state index contributed by atoms with van der Waals surface area (Å²) in [7, 11) is -2.17. The van der Waals surface area contributed by atoms with Crippen LogP contribution in [0.4, 0.5) is 11.4 Å². The molecule has 4 rings (SSSR count). The van der Waals surface area contributed by atoms with Crippen LogP contribution >= 0.6 is 11.3 Å². The number of benzene rings is 2. The van der Waals surface area contributed by atoms with Gasteiger partial charge in [0.25, 0.3) is 11.8 Å². The highest BCUT2D eigenvalue weighted by Gasteiger charge is 2.31. The molecule has 3 aromatic rings. The Morgan fingerprint density at radius 3 is 2.33 bits per heavy atom. The van der Waals surface area contributed by atoms with Gasteiger partial charge in [0.15, 0.2) is 0 Å². The highest BCUT2D eigenvalue weighted by atomic mass is 32.2. The minimum atomic E-state index is -3.70. The number of anilines is 2. The van der Waals surface area contributed by atoms with Crippen molar-refractivity contribution in [1.29, 1.82) is 0 Å². The van der Waals surface area contributed by atoms with Gasteiger partial charge in [-0.15, -0.1) is 11.3 Å². The molecule has 1 aliphatic heterocycles. The summed E-state index contributed by atoms with van der Waals surface area (Å²) in [6.45, 7) is 0.940. The zero-order valence-electron chi connectivity index (χ0n) is 17.9. The maximum absolute atomic E-state index is 12.9. The molecule has 2 aromatic carbocycles. The summed E-state index contributed by atoms with van der Waals surface area (Å²) in [4.78, 5) is 25.5. The number of methoxy groups -OCH3 is 1. The third-order valence-corrected chi connectivity index (χ3v) is 8.26. The number of nitrogens with one attached hydrogen (secondary N) is 2. The topological polar surface area (TPSA) is 105 Å². The number of carbonyl (C=O) groups is 2. The second kappa shape index (κ2) is 9.74. The first-order valence-corrected chi connectivity index (χ1v) is 12.7. The van der Waals surface area contributed by atoms with E-state index < -0.39 is 15.9 Å². The molecule has 2 N–H and O–H groups in total. The predicted octanol–water partition coefficient (Wildman–Crippen LogP) is 4.05. The Bertz CT molecular complexity index is 1260. The van der Waals surface area contributed by atoms with Crippen molar-refractivity contribution in [2.75, 3.05) is 30.8 Å². The Morgan fingerprint density at radius 1 is 0.939 bits per heavy atom. The van der Waals surface area contributed by atoms with Crippen molar-refractivity contribution >= 4 is 44.5 Å². The third kappa shape index (κ3) is 4.92. The van der Waals surface area contributed by atoms with Gasteiger partial charge >= 0.3 is 0 Å². The van der Waals surface area contributed by atoms with Crippen molar-refractivity contribution in [3.63, 3.8) is 0 Å². The summed E-state index contributed by atoms with van der Waals surface area (Å²) < 4.78 is 32.4. The summed E-state index contributed by atoms with van der Waals surface area (Å²) in [5, 5.41) is 7.11. The number of hydrogen-bond acceptors (Lipinski definition) is 6. The lowest BCUT2D eigenvalue weighted by Gasteiger charge is -2.15. The van der Waals surface area contributed by atoms with E-state index in [1.165, 1.54) is 17.5 Å². The summed E-state index contributed by atoms with van der Waals surface area (Å²) in [6, 6.07) is 14.9. The summed E-state index contributed by atoms with van der Waals surface area (Å²) in [6.07, 6.45) is 1.64. The zero-order valence-corrected chi connectivity index (χ0v) is 19.5. The molecule has 33 heavy (non-hydrogen) atoms. The lowest BCUT2D eigenvalue weighted by Crippen LogP contribution is -2.29. The summed E-state index contributed by atoms with van der Waals surface area (Å²) in [5.74, 6) is -0.283. The molecular formula is C23H23N3O5S2. The largest absolute Gasteiger partial charge is 0.495 e. The first kappa shape index (κ1) is 23.0. The first-order chi connectivity index (χ1) is 15.9. The van der Waals surface area contributed by atoms with E-state index in [1.54, 1.807) is 53.9 Å². The summed E-state index contributed by atoms with van der Waals surface area (Å²) >= 11 is 1.08. The molecule has 0 radical (unpaired) electrons. The van der Waals surface area contributed by atoms with Crippen LogP contribution in [0.15, 0.2) is 64.9 Å². The smallest absolute Gasteiger partial charge is 0.267 e. The molecule has 0 unspecified atom stereocenters. The van der Waals surface area contributed by atoms with Crippen molar-refractivity contribution in [1.82, 2.24) is 4.31 Å². The van der Waals surface area contributed by atoms with Gasteiger partial charge in [-0.05, 0) is 60.7 Å². The van der Waals surface area contributed by atoms with Crippen molar-refractivity contribution in [2.24, 2.45) is 0 Å². The molecule has 8 nitrogen and oxygen atoms in total. The molecule has 0 spiro atoms. The lowest BCUT2D eigenvalue weighted by atomic mass is 10.2. The molecule has 10 heteroatoms. The van der Waals surface area contributed by atoms with Crippen LogP contribution < -0.4 is 15.4 Å². The van der Waals surface area contributed by atoms with E-state index in [2.05, 4.69) is 10.6 Å². The number of amides is 2. The predicted molar refractivity (Wildman–Crippen MR) is 128 cm³/mol. The van der Waals surface area contributed by atoms with E-state index in [0.717, 1.165) is 24.2 Å². The van der Waals surface area contributed by atoms with Crippen LogP contribution in [0, 0.1) is 0 Å². The number of ether oxygens (including phenoxy) is 1. The number of nitrogens with zero attached hydrogens (tertiary/aromatic N) is 1. The van der Waals surface area contributed by atoms with E-state index in [4.69, 9.17) is 4.74 Å². The molecule has 1 saturated heterocycles. The highest BCUT2D eigenvalue weighted by molar-refractivity contribution is 7.89. The number of hydrogen-bond donors (Lipinski definition) is 2. The third-order valence-electron chi connectivity index (χ3n) is 5.28. The minimum absolute atomic E-state index is 0.0275. The van der Waals surface area contributed by atoms with Gasteiger partial charge < -0.3 is 15.4 Å². The van der Waals surface area contributed by atoms with Gasteiger partial charge in [-0.3, -0.25) is 9.59 Å². The number of carbonyl (C=O) groups excluding carboxylic acids is 2. The van der Waals surface area contributed by atoms with Crippen LogP contribution in [0.5, 0.6) is 5.75 Å². The monoisotopic (exact) mass is 485 g/mol. The van der Waals surface area contributed by atoms with E-state index in [-0.39, 0.29) is 15.7 Å². The molecular weight excluding hydrogens is 462 g/mol. The normalized spacial score (nSPS) is 14.1. The van der Waals surface area contributed by atoms with Crippen molar-refractivity contribution in [3.05, 3.63) is 70.4 Å². The Kier molecular flexibility index (Phi) is 6.77. The van der Waals surface area contributed by atoms with Crippen molar-refractivity contribution in [3.8, 4) is 5.75 Å². The van der Waals surface area contributed by atoms with E-state index in [1.807, 2.05) is 0 Å².